The molecule has 2 aromatic rings. The van der Waals surface area contributed by atoms with Gasteiger partial charge in [0.25, 0.3) is 5.91 Å². The predicted molar refractivity (Wildman–Crippen MR) is 72.0 cm³/mol. The van der Waals surface area contributed by atoms with Crippen LogP contribution in [0.15, 0.2) is 28.9 Å². The molecular weight excluding hydrogens is 260 g/mol. The molecule has 2 rings (SSSR count). The molecule has 106 valence electrons. The van der Waals surface area contributed by atoms with Gasteiger partial charge < -0.3 is 19.3 Å². The van der Waals surface area contributed by atoms with Gasteiger partial charge in [0.1, 0.15) is 17.3 Å². The minimum atomic E-state index is -0.220. The van der Waals surface area contributed by atoms with Crippen molar-refractivity contribution >= 4 is 5.91 Å². The van der Waals surface area contributed by atoms with Crippen molar-refractivity contribution < 1.29 is 18.8 Å². The van der Waals surface area contributed by atoms with Gasteiger partial charge in [-0.15, -0.1) is 0 Å². The second-order valence-electron chi connectivity index (χ2n) is 4.19. The van der Waals surface area contributed by atoms with Gasteiger partial charge in [-0.3, -0.25) is 4.79 Å². The van der Waals surface area contributed by atoms with Gasteiger partial charge in [-0.05, 0) is 19.1 Å². The van der Waals surface area contributed by atoms with E-state index >= 15 is 0 Å². The lowest BCUT2D eigenvalue weighted by molar-refractivity contribution is 0.0950. The van der Waals surface area contributed by atoms with Gasteiger partial charge in [0.05, 0.1) is 20.4 Å². The molecule has 0 aliphatic heterocycles. The average Bonchev–Trinajstić information content (AvgIpc) is 2.89. The summed E-state index contributed by atoms with van der Waals surface area (Å²) < 4.78 is 15.2. The third-order valence-electron chi connectivity index (χ3n) is 2.90. The van der Waals surface area contributed by atoms with E-state index in [-0.39, 0.29) is 5.91 Å². The highest BCUT2D eigenvalue weighted by Crippen LogP contribution is 2.22. The van der Waals surface area contributed by atoms with E-state index in [9.17, 15) is 4.79 Å². The SMILES string of the molecule is COc1cc(OC)cc(C(=O)NCc2cnoc2C)c1. The number of benzene rings is 1. The molecule has 0 spiro atoms. The molecule has 1 amide bonds. The Morgan fingerprint density at radius 3 is 2.40 bits per heavy atom. The lowest BCUT2D eigenvalue weighted by Gasteiger charge is -2.08. The number of methoxy groups -OCH3 is 2. The number of carbonyl (C=O) groups excluding carboxylic acids is 1. The second-order valence-corrected chi connectivity index (χ2v) is 4.19. The van der Waals surface area contributed by atoms with Crippen molar-refractivity contribution in [3.05, 3.63) is 41.3 Å². The van der Waals surface area contributed by atoms with Crippen molar-refractivity contribution in [2.24, 2.45) is 0 Å². The highest BCUT2D eigenvalue weighted by atomic mass is 16.5. The summed E-state index contributed by atoms with van der Waals surface area (Å²) in [6.45, 7) is 2.15. The third-order valence-corrected chi connectivity index (χ3v) is 2.90. The molecule has 0 bridgehead atoms. The molecule has 0 atom stereocenters. The maximum atomic E-state index is 12.1. The Hall–Kier alpha value is -2.50. The zero-order valence-corrected chi connectivity index (χ0v) is 11.6. The van der Waals surface area contributed by atoms with E-state index in [2.05, 4.69) is 10.5 Å². The quantitative estimate of drug-likeness (QED) is 0.903. The normalized spacial score (nSPS) is 10.2. The van der Waals surface area contributed by atoms with E-state index in [1.165, 1.54) is 14.2 Å². The first-order valence-electron chi connectivity index (χ1n) is 6.05. The first-order valence-corrected chi connectivity index (χ1v) is 6.05. The van der Waals surface area contributed by atoms with E-state index in [0.29, 0.717) is 29.4 Å². The number of nitrogens with zero attached hydrogens (tertiary/aromatic N) is 1. The van der Waals surface area contributed by atoms with Gasteiger partial charge >= 0.3 is 0 Å². The number of hydrogen-bond acceptors (Lipinski definition) is 5. The highest BCUT2D eigenvalue weighted by molar-refractivity contribution is 5.95. The summed E-state index contributed by atoms with van der Waals surface area (Å²) in [5.74, 6) is 1.60. The minimum Gasteiger partial charge on any atom is -0.497 e. The molecule has 0 unspecified atom stereocenters. The van der Waals surface area contributed by atoms with E-state index < -0.39 is 0 Å². The van der Waals surface area contributed by atoms with Gasteiger partial charge in [-0.1, -0.05) is 5.16 Å². The largest absolute Gasteiger partial charge is 0.497 e. The van der Waals surface area contributed by atoms with E-state index in [1.54, 1.807) is 31.3 Å². The lowest BCUT2D eigenvalue weighted by atomic mass is 10.1. The monoisotopic (exact) mass is 276 g/mol. The highest BCUT2D eigenvalue weighted by Gasteiger charge is 2.11. The van der Waals surface area contributed by atoms with Crippen LogP contribution in [0.25, 0.3) is 0 Å². The first kappa shape index (κ1) is 13.9. The van der Waals surface area contributed by atoms with Gasteiger partial charge in [0, 0.05) is 23.7 Å². The maximum Gasteiger partial charge on any atom is 0.251 e. The van der Waals surface area contributed by atoms with Gasteiger partial charge in [0.2, 0.25) is 0 Å². The smallest absolute Gasteiger partial charge is 0.251 e. The molecule has 0 saturated carbocycles. The molecular formula is C14H16N2O4. The van der Waals surface area contributed by atoms with Crippen molar-refractivity contribution in [3.63, 3.8) is 0 Å². The number of hydrogen-bond donors (Lipinski definition) is 1. The second kappa shape index (κ2) is 6.10. The lowest BCUT2D eigenvalue weighted by Crippen LogP contribution is -2.23. The fourth-order valence-electron chi connectivity index (χ4n) is 1.70. The Kier molecular flexibility index (Phi) is 4.24. The Labute approximate surface area is 116 Å². The average molecular weight is 276 g/mol. The van der Waals surface area contributed by atoms with Crippen molar-refractivity contribution in [1.29, 1.82) is 0 Å². The van der Waals surface area contributed by atoms with Crippen LogP contribution in [0, 0.1) is 6.92 Å². The van der Waals surface area contributed by atoms with Crippen molar-refractivity contribution in [1.82, 2.24) is 10.5 Å². The summed E-state index contributed by atoms with van der Waals surface area (Å²) in [5.41, 5.74) is 1.31. The van der Waals surface area contributed by atoms with Crippen LogP contribution in [0.3, 0.4) is 0 Å². The predicted octanol–water partition coefficient (Wildman–Crippen LogP) is 1.93. The number of carbonyl (C=O) groups is 1. The van der Waals surface area contributed by atoms with Gasteiger partial charge in [-0.2, -0.15) is 0 Å². The Bertz CT molecular complexity index is 585. The van der Waals surface area contributed by atoms with Crippen LogP contribution in [-0.4, -0.2) is 25.3 Å². The van der Waals surface area contributed by atoms with Crippen LogP contribution < -0.4 is 14.8 Å². The number of nitrogens with one attached hydrogen (secondary N) is 1. The molecule has 0 fully saturated rings. The van der Waals surface area contributed by atoms with E-state index in [4.69, 9.17) is 14.0 Å². The fraction of sp³-hybridized carbons (Fsp3) is 0.286. The molecule has 0 saturated heterocycles. The molecule has 6 nitrogen and oxygen atoms in total. The summed E-state index contributed by atoms with van der Waals surface area (Å²) in [6, 6.07) is 5.01. The standard InChI is InChI=1S/C14H16N2O4/c1-9-11(8-16-20-9)7-15-14(17)10-4-12(18-2)6-13(5-10)19-3/h4-6,8H,7H2,1-3H3,(H,15,17). The summed E-state index contributed by atoms with van der Waals surface area (Å²) in [5, 5.41) is 6.46. The molecule has 0 aliphatic rings. The van der Waals surface area contributed by atoms with E-state index in [0.717, 1.165) is 5.56 Å². The van der Waals surface area contributed by atoms with E-state index in [1.807, 2.05) is 0 Å². The van der Waals surface area contributed by atoms with Crippen LogP contribution in [0.4, 0.5) is 0 Å². The topological polar surface area (TPSA) is 73.6 Å². The van der Waals surface area contributed by atoms with Gasteiger partial charge in [0.15, 0.2) is 0 Å². The first-order chi connectivity index (χ1) is 9.63. The summed E-state index contributed by atoms with van der Waals surface area (Å²) in [7, 11) is 3.08. The fourth-order valence-corrected chi connectivity index (χ4v) is 1.70. The van der Waals surface area contributed by atoms with Crippen molar-refractivity contribution in [2.45, 2.75) is 13.5 Å². The Morgan fingerprint density at radius 2 is 1.90 bits per heavy atom. The number of rotatable bonds is 5. The molecule has 0 aliphatic carbocycles. The van der Waals surface area contributed by atoms with Crippen LogP contribution in [0.2, 0.25) is 0 Å². The maximum absolute atomic E-state index is 12.1. The van der Waals surface area contributed by atoms with Crippen LogP contribution in [0.5, 0.6) is 11.5 Å². The van der Waals surface area contributed by atoms with Crippen molar-refractivity contribution in [3.8, 4) is 11.5 Å². The molecule has 1 heterocycles. The zero-order valence-electron chi connectivity index (χ0n) is 11.6. The third kappa shape index (κ3) is 3.09. The summed E-state index contributed by atoms with van der Waals surface area (Å²) in [4.78, 5) is 12.1. The molecule has 6 heteroatoms. The molecule has 1 aromatic heterocycles. The summed E-state index contributed by atoms with van der Waals surface area (Å²) >= 11 is 0. The molecule has 20 heavy (non-hydrogen) atoms. The Morgan fingerprint density at radius 1 is 1.25 bits per heavy atom. The minimum absolute atomic E-state index is 0.220. The molecule has 1 aromatic carbocycles. The van der Waals surface area contributed by atoms with Crippen LogP contribution in [-0.2, 0) is 6.54 Å². The zero-order chi connectivity index (χ0) is 14.5. The van der Waals surface area contributed by atoms with Gasteiger partial charge in [-0.25, -0.2) is 0 Å². The molecule has 1 N–H and O–H groups in total. The number of aryl methyl sites for hydroxylation is 1. The Balaban J connectivity index is 2.10. The number of aromatic nitrogens is 1. The van der Waals surface area contributed by atoms with Crippen molar-refractivity contribution in [2.75, 3.05) is 14.2 Å². The van der Waals surface area contributed by atoms with Crippen LogP contribution >= 0.6 is 0 Å². The summed E-state index contributed by atoms with van der Waals surface area (Å²) in [6.07, 6.45) is 1.59. The van der Waals surface area contributed by atoms with Crippen LogP contribution in [0.1, 0.15) is 21.7 Å². The molecule has 0 radical (unpaired) electrons. The number of amides is 1. The number of ether oxygens (including phenoxy) is 2.